The minimum Gasteiger partial charge on any atom is -0.369 e. The maximum absolute atomic E-state index is 13.6. The highest BCUT2D eigenvalue weighted by atomic mass is 19.1. The monoisotopic (exact) mass is 262 g/mol. The van der Waals surface area contributed by atoms with Crippen molar-refractivity contribution in [3.8, 4) is 0 Å². The number of anilines is 1. The Balaban J connectivity index is 2.02. The molecule has 1 aromatic heterocycles. The summed E-state index contributed by atoms with van der Waals surface area (Å²) < 4.78 is 15.6. The molecule has 1 saturated heterocycles. The lowest BCUT2D eigenvalue weighted by Gasteiger charge is -2.20. The Labute approximate surface area is 112 Å². The van der Waals surface area contributed by atoms with Crippen molar-refractivity contribution in [3.05, 3.63) is 23.5 Å². The molecular weight excluding hydrogens is 243 g/mol. The molecule has 4 nitrogen and oxygen atoms in total. The molecule has 0 saturated carbocycles. The number of fused-ring (bicyclic) bond motifs is 1. The second-order valence-electron chi connectivity index (χ2n) is 5.45. The lowest BCUT2D eigenvalue weighted by atomic mass is 10.2. The Morgan fingerprint density at radius 3 is 2.95 bits per heavy atom. The van der Waals surface area contributed by atoms with Gasteiger partial charge in [-0.05, 0) is 45.0 Å². The number of halogens is 1. The van der Waals surface area contributed by atoms with Gasteiger partial charge >= 0.3 is 0 Å². The van der Waals surface area contributed by atoms with Crippen LogP contribution in [0.5, 0.6) is 0 Å². The fourth-order valence-electron chi connectivity index (χ4n) is 2.88. The maximum Gasteiger partial charge on any atom is 0.201 e. The first kappa shape index (κ1) is 12.4. The molecule has 2 aromatic rings. The normalized spacial score (nSPS) is 20.5. The summed E-state index contributed by atoms with van der Waals surface area (Å²) in [7, 11) is 2.14. The molecule has 0 aliphatic carbocycles. The van der Waals surface area contributed by atoms with E-state index < -0.39 is 0 Å². The fourth-order valence-corrected chi connectivity index (χ4v) is 2.88. The number of likely N-dealkylation sites (tertiary alicyclic amines) is 1. The number of hydrogen-bond acceptors (Lipinski definition) is 3. The zero-order chi connectivity index (χ0) is 13.6. The lowest BCUT2D eigenvalue weighted by molar-refractivity contribution is 0.285. The van der Waals surface area contributed by atoms with Crippen molar-refractivity contribution in [2.75, 3.05) is 19.3 Å². The summed E-state index contributed by atoms with van der Waals surface area (Å²) in [6.45, 7) is 3.72. The average molecular weight is 262 g/mol. The first-order valence-electron chi connectivity index (χ1n) is 6.68. The van der Waals surface area contributed by atoms with Gasteiger partial charge in [-0.2, -0.15) is 0 Å². The molecule has 0 bridgehead atoms. The predicted molar refractivity (Wildman–Crippen MR) is 74.5 cm³/mol. The molecule has 1 aromatic carbocycles. The van der Waals surface area contributed by atoms with Gasteiger partial charge in [0.1, 0.15) is 5.82 Å². The summed E-state index contributed by atoms with van der Waals surface area (Å²) in [5, 5.41) is 0. The van der Waals surface area contributed by atoms with E-state index in [1.165, 1.54) is 18.9 Å². The smallest absolute Gasteiger partial charge is 0.201 e. The summed E-state index contributed by atoms with van der Waals surface area (Å²) in [4.78, 5) is 6.61. The molecule has 102 valence electrons. The van der Waals surface area contributed by atoms with Gasteiger partial charge in [-0.25, -0.2) is 9.37 Å². The number of aromatic nitrogens is 2. The van der Waals surface area contributed by atoms with Crippen LogP contribution in [-0.2, 0) is 6.54 Å². The second kappa shape index (κ2) is 4.49. The quantitative estimate of drug-likeness (QED) is 0.902. The van der Waals surface area contributed by atoms with Gasteiger partial charge in [0.05, 0.1) is 11.0 Å². The SMILES string of the molecule is Cc1cc2c(cc1F)nc(N)n2CC1CCCN1C. The summed E-state index contributed by atoms with van der Waals surface area (Å²) in [6.07, 6.45) is 2.40. The third-order valence-electron chi connectivity index (χ3n) is 4.12. The number of aryl methyl sites for hydroxylation is 1. The Morgan fingerprint density at radius 1 is 1.47 bits per heavy atom. The standard InChI is InChI=1S/C14H19FN4/c1-9-6-13-12(7-11(9)15)17-14(16)19(13)8-10-4-3-5-18(10)2/h6-7,10H,3-5,8H2,1-2H3,(H2,16,17). The van der Waals surface area contributed by atoms with Crippen molar-refractivity contribution in [1.29, 1.82) is 0 Å². The molecule has 0 amide bonds. The van der Waals surface area contributed by atoms with E-state index in [1.54, 1.807) is 6.92 Å². The van der Waals surface area contributed by atoms with Gasteiger partial charge in [-0.1, -0.05) is 0 Å². The maximum atomic E-state index is 13.6. The largest absolute Gasteiger partial charge is 0.369 e. The first-order chi connectivity index (χ1) is 9.06. The average Bonchev–Trinajstić information content (AvgIpc) is 2.88. The molecule has 1 aliphatic rings. The third-order valence-corrected chi connectivity index (χ3v) is 4.12. The number of imidazole rings is 1. The summed E-state index contributed by atoms with van der Waals surface area (Å²) in [5.41, 5.74) is 8.19. The van der Waals surface area contributed by atoms with Crippen molar-refractivity contribution in [2.45, 2.75) is 32.4 Å². The van der Waals surface area contributed by atoms with Gasteiger partial charge in [0.15, 0.2) is 0 Å². The summed E-state index contributed by atoms with van der Waals surface area (Å²) >= 11 is 0. The molecule has 1 fully saturated rings. The predicted octanol–water partition coefficient (Wildman–Crippen LogP) is 2.16. The summed E-state index contributed by atoms with van der Waals surface area (Å²) in [6, 6.07) is 3.80. The van der Waals surface area contributed by atoms with Crippen molar-refractivity contribution in [3.63, 3.8) is 0 Å². The Hall–Kier alpha value is -1.62. The van der Waals surface area contributed by atoms with Crippen LogP contribution in [0.1, 0.15) is 18.4 Å². The van der Waals surface area contributed by atoms with E-state index in [1.807, 2.05) is 10.6 Å². The van der Waals surface area contributed by atoms with E-state index in [0.717, 1.165) is 18.6 Å². The van der Waals surface area contributed by atoms with Crippen LogP contribution in [0.4, 0.5) is 10.3 Å². The lowest BCUT2D eigenvalue weighted by Crippen LogP contribution is -2.29. The Morgan fingerprint density at radius 2 is 2.26 bits per heavy atom. The van der Waals surface area contributed by atoms with Crippen LogP contribution in [0.25, 0.3) is 11.0 Å². The molecule has 1 aliphatic heterocycles. The molecule has 2 N–H and O–H groups in total. The molecule has 0 spiro atoms. The molecule has 3 rings (SSSR count). The molecule has 19 heavy (non-hydrogen) atoms. The van der Waals surface area contributed by atoms with Gasteiger partial charge in [0.2, 0.25) is 5.95 Å². The number of likely N-dealkylation sites (N-methyl/N-ethyl adjacent to an activating group) is 1. The number of hydrogen-bond donors (Lipinski definition) is 1. The van der Waals surface area contributed by atoms with E-state index in [9.17, 15) is 4.39 Å². The van der Waals surface area contributed by atoms with Crippen LogP contribution in [0.2, 0.25) is 0 Å². The van der Waals surface area contributed by atoms with Crippen LogP contribution >= 0.6 is 0 Å². The minimum atomic E-state index is -0.227. The highest BCUT2D eigenvalue weighted by Crippen LogP contribution is 2.24. The first-order valence-corrected chi connectivity index (χ1v) is 6.68. The van der Waals surface area contributed by atoms with E-state index in [2.05, 4.69) is 16.9 Å². The van der Waals surface area contributed by atoms with Gasteiger partial charge in [-0.3, -0.25) is 0 Å². The van der Waals surface area contributed by atoms with Crippen molar-refractivity contribution >= 4 is 17.0 Å². The number of nitrogen functional groups attached to an aromatic ring is 1. The van der Waals surface area contributed by atoms with Crippen molar-refractivity contribution in [2.24, 2.45) is 0 Å². The van der Waals surface area contributed by atoms with Gasteiger partial charge in [0.25, 0.3) is 0 Å². The zero-order valence-electron chi connectivity index (χ0n) is 11.4. The molecule has 1 unspecified atom stereocenters. The highest BCUT2D eigenvalue weighted by molar-refractivity contribution is 5.79. The van der Waals surface area contributed by atoms with Crippen LogP contribution < -0.4 is 5.73 Å². The van der Waals surface area contributed by atoms with Gasteiger partial charge in [0, 0.05) is 18.7 Å². The van der Waals surface area contributed by atoms with Crippen molar-refractivity contribution < 1.29 is 4.39 Å². The van der Waals surface area contributed by atoms with Crippen molar-refractivity contribution in [1.82, 2.24) is 14.5 Å². The number of benzene rings is 1. The van der Waals surface area contributed by atoms with Gasteiger partial charge < -0.3 is 15.2 Å². The number of nitrogens with two attached hydrogens (primary N) is 1. The highest BCUT2D eigenvalue weighted by Gasteiger charge is 2.23. The van der Waals surface area contributed by atoms with Gasteiger partial charge in [-0.15, -0.1) is 0 Å². The van der Waals surface area contributed by atoms with E-state index >= 15 is 0 Å². The number of rotatable bonds is 2. The van der Waals surface area contributed by atoms with Crippen LogP contribution in [0, 0.1) is 12.7 Å². The van der Waals surface area contributed by atoms with E-state index in [4.69, 9.17) is 5.73 Å². The van der Waals surface area contributed by atoms with Crippen LogP contribution in [0.3, 0.4) is 0 Å². The zero-order valence-corrected chi connectivity index (χ0v) is 11.4. The topological polar surface area (TPSA) is 47.1 Å². The second-order valence-corrected chi connectivity index (χ2v) is 5.45. The third kappa shape index (κ3) is 2.08. The molecule has 0 radical (unpaired) electrons. The van der Waals surface area contributed by atoms with E-state index in [-0.39, 0.29) is 5.82 Å². The summed E-state index contributed by atoms with van der Waals surface area (Å²) in [5.74, 6) is 0.246. The number of nitrogens with zero attached hydrogens (tertiary/aromatic N) is 3. The fraction of sp³-hybridized carbons (Fsp3) is 0.500. The minimum absolute atomic E-state index is 0.227. The van der Waals surface area contributed by atoms with Crippen LogP contribution in [-0.4, -0.2) is 34.1 Å². The van der Waals surface area contributed by atoms with Crippen LogP contribution in [0.15, 0.2) is 12.1 Å². The molecule has 1 atom stereocenters. The Bertz CT molecular complexity index is 619. The molecule has 2 heterocycles. The Kier molecular flexibility index (Phi) is 2.93. The molecule has 5 heteroatoms. The van der Waals surface area contributed by atoms with E-state index in [0.29, 0.717) is 23.1 Å². The molecular formula is C14H19FN4.